The molecule has 0 aromatic heterocycles. The van der Waals surface area contributed by atoms with E-state index in [1.807, 2.05) is 0 Å². The molecule has 0 aliphatic heterocycles. The van der Waals surface area contributed by atoms with Gasteiger partial charge >= 0.3 is 5.97 Å². The van der Waals surface area contributed by atoms with Crippen molar-refractivity contribution in [2.24, 2.45) is 0 Å². The molecule has 0 atom stereocenters. The van der Waals surface area contributed by atoms with E-state index >= 15 is 0 Å². The van der Waals surface area contributed by atoms with Gasteiger partial charge in [-0.05, 0) is 37.5 Å². The smallest absolute Gasteiger partial charge is 0.333 e. The summed E-state index contributed by atoms with van der Waals surface area (Å²) in [5.41, 5.74) is 1.26. The van der Waals surface area contributed by atoms with Crippen molar-refractivity contribution in [1.29, 1.82) is 0 Å². The fourth-order valence-electron chi connectivity index (χ4n) is 1.29. The molecule has 1 rings (SSSR count). The Bertz CT molecular complexity index is 423. The minimum absolute atomic E-state index is 0.137. The van der Waals surface area contributed by atoms with Gasteiger partial charge in [-0.1, -0.05) is 12.6 Å². The zero-order valence-corrected chi connectivity index (χ0v) is 9.77. The molecule has 0 saturated carbocycles. The number of phenols is 2. The lowest BCUT2D eigenvalue weighted by Gasteiger charge is -2.05. The van der Waals surface area contributed by atoms with Crippen molar-refractivity contribution in [3.05, 3.63) is 35.9 Å². The van der Waals surface area contributed by atoms with Crippen molar-refractivity contribution < 1.29 is 19.7 Å². The van der Waals surface area contributed by atoms with Crippen LogP contribution in [0.1, 0.15) is 18.9 Å². The van der Waals surface area contributed by atoms with Crippen molar-refractivity contribution in [1.82, 2.24) is 0 Å². The Balaban J connectivity index is 2.34. The number of carbonyl (C=O) groups excluding carboxylic acids is 1. The molecule has 0 radical (unpaired) electrons. The Morgan fingerprint density at radius 1 is 1.35 bits per heavy atom. The van der Waals surface area contributed by atoms with E-state index in [1.165, 1.54) is 12.1 Å². The lowest BCUT2D eigenvalue weighted by molar-refractivity contribution is -0.139. The van der Waals surface area contributed by atoms with Gasteiger partial charge in [-0.2, -0.15) is 0 Å². The highest BCUT2D eigenvalue weighted by molar-refractivity contribution is 5.86. The third-order valence-electron chi connectivity index (χ3n) is 2.23. The van der Waals surface area contributed by atoms with Crippen LogP contribution in [0, 0.1) is 0 Å². The van der Waals surface area contributed by atoms with Crippen LogP contribution in [0.4, 0.5) is 0 Å². The number of carbonyl (C=O) groups is 1. The van der Waals surface area contributed by atoms with E-state index in [9.17, 15) is 9.90 Å². The van der Waals surface area contributed by atoms with Gasteiger partial charge in [-0.25, -0.2) is 4.79 Å². The van der Waals surface area contributed by atoms with Gasteiger partial charge in [0.15, 0.2) is 11.5 Å². The number of phenolic OH excluding ortho intramolecular Hbond substituents is 2. The molecule has 1 aromatic carbocycles. The van der Waals surface area contributed by atoms with Crippen LogP contribution in [0.2, 0.25) is 0 Å². The molecule has 2 N–H and O–H groups in total. The van der Waals surface area contributed by atoms with Crippen molar-refractivity contribution in [2.45, 2.75) is 19.8 Å². The second-order valence-corrected chi connectivity index (χ2v) is 3.84. The zero-order valence-electron chi connectivity index (χ0n) is 9.77. The number of hydrogen-bond acceptors (Lipinski definition) is 4. The number of esters is 1. The van der Waals surface area contributed by atoms with E-state index in [0.717, 1.165) is 5.56 Å². The Labute approximate surface area is 100 Å². The summed E-state index contributed by atoms with van der Waals surface area (Å²) >= 11 is 0. The van der Waals surface area contributed by atoms with Crippen LogP contribution in [-0.4, -0.2) is 22.8 Å². The summed E-state index contributed by atoms with van der Waals surface area (Å²) in [6.07, 6.45) is 1.32. The highest BCUT2D eigenvalue weighted by Gasteiger charge is 2.03. The number of hydrogen-bond donors (Lipinski definition) is 2. The lowest BCUT2D eigenvalue weighted by Crippen LogP contribution is -2.06. The van der Waals surface area contributed by atoms with Gasteiger partial charge in [-0.3, -0.25) is 0 Å². The van der Waals surface area contributed by atoms with Gasteiger partial charge in [0.05, 0.1) is 6.61 Å². The number of rotatable bonds is 5. The first-order chi connectivity index (χ1) is 8.00. The van der Waals surface area contributed by atoms with Crippen LogP contribution < -0.4 is 0 Å². The average Bonchev–Trinajstić information content (AvgIpc) is 2.28. The van der Waals surface area contributed by atoms with Crippen LogP contribution >= 0.6 is 0 Å². The largest absolute Gasteiger partial charge is 0.504 e. The number of aryl methyl sites for hydroxylation is 1. The molecule has 1 aromatic rings. The van der Waals surface area contributed by atoms with E-state index in [1.54, 1.807) is 13.0 Å². The van der Waals surface area contributed by atoms with E-state index < -0.39 is 5.97 Å². The Morgan fingerprint density at radius 2 is 2.06 bits per heavy atom. The maximum absolute atomic E-state index is 11.1. The fraction of sp³-hybridized carbons (Fsp3) is 0.308. The molecule has 0 fully saturated rings. The van der Waals surface area contributed by atoms with E-state index in [0.29, 0.717) is 25.0 Å². The molecular formula is C13H16O4. The molecule has 0 aliphatic rings. The molecule has 4 heteroatoms. The van der Waals surface area contributed by atoms with E-state index in [4.69, 9.17) is 9.84 Å². The Morgan fingerprint density at radius 3 is 2.65 bits per heavy atom. The van der Waals surface area contributed by atoms with E-state index in [-0.39, 0.29) is 11.5 Å². The van der Waals surface area contributed by atoms with Crippen LogP contribution in [-0.2, 0) is 16.0 Å². The first-order valence-electron chi connectivity index (χ1n) is 5.34. The van der Waals surface area contributed by atoms with Crippen molar-refractivity contribution in [3.63, 3.8) is 0 Å². The molecule has 92 valence electrons. The monoisotopic (exact) mass is 236 g/mol. The van der Waals surface area contributed by atoms with Crippen molar-refractivity contribution in [2.75, 3.05) is 6.61 Å². The molecule has 0 bridgehead atoms. The summed E-state index contributed by atoms with van der Waals surface area (Å²) in [5, 5.41) is 18.4. The topological polar surface area (TPSA) is 66.8 Å². The standard InChI is InChI=1S/C13H16O4/c1-9(2)13(16)17-7-3-4-10-5-6-11(14)12(15)8-10/h5-6,8,14-15H,1,3-4,7H2,2H3. The SMILES string of the molecule is C=C(C)C(=O)OCCCc1ccc(O)c(O)c1. The molecule has 0 saturated heterocycles. The molecule has 17 heavy (non-hydrogen) atoms. The lowest BCUT2D eigenvalue weighted by atomic mass is 10.1. The van der Waals surface area contributed by atoms with Crippen LogP contribution in [0.5, 0.6) is 11.5 Å². The van der Waals surface area contributed by atoms with Gasteiger partial charge < -0.3 is 14.9 Å². The first kappa shape index (κ1) is 13.1. The summed E-state index contributed by atoms with van der Waals surface area (Å²) in [6.45, 7) is 5.39. The van der Waals surface area contributed by atoms with Crippen LogP contribution in [0.15, 0.2) is 30.4 Å². The summed E-state index contributed by atoms with van der Waals surface area (Å²) in [7, 11) is 0. The van der Waals surface area contributed by atoms with Gasteiger partial charge in [0.25, 0.3) is 0 Å². The van der Waals surface area contributed by atoms with Gasteiger partial charge in [0, 0.05) is 5.57 Å². The summed E-state index contributed by atoms with van der Waals surface area (Å²) in [6, 6.07) is 4.65. The van der Waals surface area contributed by atoms with E-state index in [2.05, 4.69) is 6.58 Å². The highest BCUT2D eigenvalue weighted by Crippen LogP contribution is 2.25. The number of aromatic hydroxyl groups is 2. The summed E-state index contributed by atoms with van der Waals surface area (Å²) in [5.74, 6) is -0.664. The Hall–Kier alpha value is -1.97. The molecule has 0 spiro atoms. The molecule has 0 unspecified atom stereocenters. The predicted octanol–water partition coefficient (Wildman–Crippen LogP) is 2.15. The number of ether oxygens (including phenoxy) is 1. The normalized spacial score (nSPS) is 9.94. The zero-order chi connectivity index (χ0) is 12.8. The van der Waals surface area contributed by atoms with Crippen LogP contribution in [0.3, 0.4) is 0 Å². The summed E-state index contributed by atoms with van der Waals surface area (Å²) in [4.78, 5) is 11.1. The average molecular weight is 236 g/mol. The fourth-order valence-corrected chi connectivity index (χ4v) is 1.29. The summed E-state index contributed by atoms with van der Waals surface area (Å²) < 4.78 is 4.93. The predicted molar refractivity (Wildman–Crippen MR) is 63.9 cm³/mol. The van der Waals surface area contributed by atoms with Crippen molar-refractivity contribution >= 4 is 5.97 Å². The maximum Gasteiger partial charge on any atom is 0.333 e. The highest BCUT2D eigenvalue weighted by atomic mass is 16.5. The van der Waals surface area contributed by atoms with Gasteiger partial charge in [-0.15, -0.1) is 0 Å². The second kappa shape index (κ2) is 5.94. The molecule has 0 heterocycles. The first-order valence-corrected chi connectivity index (χ1v) is 5.34. The molecular weight excluding hydrogens is 220 g/mol. The minimum Gasteiger partial charge on any atom is -0.504 e. The Kier molecular flexibility index (Phi) is 4.57. The second-order valence-electron chi connectivity index (χ2n) is 3.84. The van der Waals surface area contributed by atoms with Gasteiger partial charge in [0.2, 0.25) is 0 Å². The van der Waals surface area contributed by atoms with Crippen LogP contribution in [0.25, 0.3) is 0 Å². The molecule has 0 amide bonds. The maximum atomic E-state index is 11.1. The number of benzene rings is 1. The van der Waals surface area contributed by atoms with Crippen molar-refractivity contribution in [3.8, 4) is 11.5 Å². The van der Waals surface area contributed by atoms with Gasteiger partial charge in [0.1, 0.15) is 0 Å². The minimum atomic E-state index is -0.390. The molecule has 0 aliphatic carbocycles. The molecule has 4 nitrogen and oxygen atoms in total. The third-order valence-corrected chi connectivity index (χ3v) is 2.23. The third kappa shape index (κ3) is 4.18. The quantitative estimate of drug-likeness (QED) is 0.356.